The molecule has 4 heteroatoms. The van der Waals surface area contributed by atoms with Crippen molar-refractivity contribution in [2.24, 2.45) is 20.7 Å². The van der Waals surface area contributed by atoms with Crippen LogP contribution in [0, 0.1) is 0 Å². The molecular formula is C6H8N4. The van der Waals surface area contributed by atoms with Crippen molar-refractivity contribution < 1.29 is 0 Å². The molecule has 0 spiro atoms. The van der Waals surface area contributed by atoms with Crippen LogP contribution >= 0.6 is 0 Å². The second-order valence-corrected chi connectivity index (χ2v) is 1.66. The highest BCUT2D eigenvalue weighted by Crippen LogP contribution is 2.01. The Kier molecular flexibility index (Phi) is 1.94. The van der Waals surface area contributed by atoms with Gasteiger partial charge in [0.2, 0.25) is 0 Å². The molecule has 1 aliphatic heterocycles. The van der Waals surface area contributed by atoms with E-state index in [4.69, 9.17) is 5.73 Å². The standard InChI is InChI=1S/C6H8N4/c1-8-6-5(4-7)9-2-3-10-6/h2-4H,7H2,1H3/b5-4-,8-6+. The van der Waals surface area contributed by atoms with Crippen molar-refractivity contribution in [3.63, 3.8) is 0 Å². The number of rotatable bonds is 0. The maximum absolute atomic E-state index is 5.24. The van der Waals surface area contributed by atoms with E-state index in [-0.39, 0.29) is 0 Å². The van der Waals surface area contributed by atoms with Gasteiger partial charge in [-0.1, -0.05) is 0 Å². The van der Waals surface area contributed by atoms with E-state index in [0.29, 0.717) is 11.5 Å². The highest BCUT2D eigenvalue weighted by Gasteiger charge is 2.02. The molecule has 0 radical (unpaired) electrons. The average Bonchev–Trinajstić information content (AvgIpc) is 2.04. The van der Waals surface area contributed by atoms with Crippen molar-refractivity contribution in [3.05, 3.63) is 11.9 Å². The Morgan fingerprint density at radius 1 is 1.50 bits per heavy atom. The summed E-state index contributed by atoms with van der Waals surface area (Å²) < 4.78 is 0. The summed E-state index contributed by atoms with van der Waals surface area (Å²) in [5.74, 6) is 0.574. The molecule has 10 heavy (non-hydrogen) atoms. The Balaban J connectivity index is 2.96. The lowest BCUT2D eigenvalue weighted by atomic mass is 10.4. The van der Waals surface area contributed by atoms with Crippen LogP contribution in [0.25, 0.3) is 0 Å². The molecule has 1 aliphatic rings. The topological polar surface area (TPSA) is 63.1 Å². The number of aliphatic imine (C=N–C) groups is 3. The largest absolute Gasteiger partial charge is 0.403 e. The fourth-order valence-corrected chi connectivity index (χ4v) is 0.631. The van der Waals surface area contributed by atoms with Crippen LogP contribution in [-0.4, -0.2) is 25.3 Å². The third-order valence-corrected chi connectivity index (χ3v) is 1.08. The van der Waals surface area contributed by atoms with Gasteiger partial charge in [-0.05, 0) is 0 Å². The second kappa shape index (κ2) is 2.91. The first-order valence-corrected chi connectivity index (χ1v) is 2.84. The van der Waals surface area contributed by atoms with Gasteiger partial charge in [0.05, 0.1) is 0 Å². The highest BCUT2D eigenvalue weighted by molar-refractivity contribution is 6.24. The minimum atomic E-state index is 0.574. The zero-order chi connectivity index (χ0) is 7.40. The molecule has 0 aliphatic carbocycles. The Bertz CT molecular complexity index is 208. The van der Waals surface area contributed by atoms with Crippen LogP contribution in [0.5, 0.6) is 0 Å². The van der Waals surface area contributed by atoms with Crippen LogP contribution in [0.2, 0.25) is 0 Å². The quantitative estimate of drug-likeness (QED) is 0.499. The molecule has 0 fully saturated rings. The smallest absolute Gasteiger partial charge is 0.174 e. The number of nitrogens with two attached hydrogens (primary N) is 1. The van der Waals surface area contributed by atoms with Crippen molar-refractivity contribution in [3.8, 4) is 0 Å². The van der Waals surface area contributed by atoms with Gasteiger partial charge in [-0.2, -0.15) is 0 Å². The van der Waals surface area contributed by atoms with Crippen LogP contribution in [0.15, 0.2) is 26.9 Å². The molecule has 1 heterocycles. The van der Waals surface area contributed by atoms with E-state index in [2.05, 4.69) is 15.0 Å². The molecule has 0 aromatic rings. The van der Waals surface area contributed by atoms with E-state index in [1.165, 1.54) is 6.20 Å². The zero-order valence-electron chi connectivity index (χ0n) is 5.65. The second-order valence-electron chi connectivity index (χ2n) is 1.66. The fourth-order valence-electron chi connectivity index (χ4n) is 0.631. The number of hydrogen-bond acceptors (Lipinski definition) is 3. The van der Waals surface area contributed by atoms with Crippen molar-refractivity contribution in [2.75, 3.05) is 7.05 Å². The summed E-state index contributed by atoms with van der Waals surface area (Å²) in [4.78, 5) is 11.7. The lowest BCUT2D eigenvalue weighted by Gasteiger charge is -2.00. The van der Waals surface area contributed by atoms with Gasteiger partial charge in [-0.3, -0.25) is 4.99 Å². The molecule has 0 aromatic heterocycles. The van der Waals surface area contributed by atoms with Gasteiger partial charge >= 0.3 is 0 Å². The van der Waals surface area contributed by atoms with Crippen molar-refractivity contribution in [1.82, 2.24) is 0 Å². The minimum absolute atomic E-state index is 0.574. The van der Waals surface area contributed by atoms with Crippen LogP contribution in [-0.2, 0) is 0 Å². The number of nitrogens with zero attached hydrogens (tertiary/aromatic N) is 3. The lowest BCUT2D eigenvalue weighted by molar-refractivity contribution is 1.31. The fraction of sp³-hybridized carbons (Fsp3) is 0.167. The first-order valence-electron chi connectivity index (χ1n) is 2.84. The first-order chi connectivity index (χ1) is 4.88. The Hall–Kier alpha value is -1.45. The highest BCUT2D eigenvalue weighted by atomic mass is 15.0. The molecule has 0 saturated heterocycles. The van der Waals surface area contributed by atoms with Crippen molar-refractivity contribution in [1.29, 1.82) is 0 Å². The monoisotopic (exact) mass is 136 g/mol. The molecule has 0 atom stereocenters. The number of amidine groups is 1. The van der Waals surface area contributed by atoms with E-state index in [0.717, 1.165) is 0 Å². The van der Waals surface area contributed by atoms with E-state index in [1.54, 1.807) is 19.5 Å². The molecule has 0 saturated carbocycles. The van der Waals surface area contributed by atoms with Gasteiger partial charge < -0.3 is 5.73 Å². The Morgan fingerprint density at radius 2 is 2.20 bits per heavy atom. The van der Waals surface area contributed by atoms with Gasteiger partial charge in [0.25, 0.3) is 0 Å². The molecule has 0 amide bonds. The average molecular weight is 136 g/mol. The van der Waals surface area contributed by atoms with E-state index in [1.807, 2.05) is 0 Å². The van der Waals surface area contributed by atoms with E-state index in [9.17, 15) is 0 Å². The summed E-state index contributed by atoms with van der Waals surface area (Å²) >= 11 is 0. The lowest BCUT2D eigenvalue weighted by Crippen LogP contribution is -2.05. The van der Waals surface area contributed by atoms with Gasteiger partial charge in [0.1, 0.15) is 5.70 Å². The van der Waals surface area contributed by atoms with Gasteiger partial charge in [-0.15, -0.1) is 0 Å². The van der Waals surface area contributed by atoms with Gasteiger partial charge in [-0.25, -0.2) is 9.98 Å². The molecule has 0 unspecified atom stereocenters. The molecular weight excluding hydrogens is 128 g/mol. The first kappa shape index (κ1) is 6.67. The van der Waals surface area contributed by atoms with Crippen LogP contribution in [0.3, 0.4) is 0 Å². The summed E-state index contributed by atoms with van der Waals surface area (Å²) in [7, 11) is 1.65. The third-order valence-electron chi connectivity index (χ3n) is 1.08. The minimum Gasteiger partial charge on any atom is -0.403 e. The normalized spacial score (nSPS) is 24.5. The van der Waals surface area contributed by atoms with Crippen molar-refractivity contribution >= 4 is 18.3 Å². The Labute approximate surface area is 58.9 Å². The molecule has 0 bridgehead atoms. The van der Waals surface area contributed by atoms with Crippen LogP contribution in [0.4, 0.5) is 0 Å². The summed E-state index contributed by atoms with van der Waals surface area (Å²) in [5, 5.41) is 0. The molecule has 2 N–H and O–H groups in total. The summed E-state index contributed by atoms with van der Waals surface area (Å²) in [6, 6.07) is 0. The molecule has 1 rings (SSSR count). The third kappa shape index (κ3) is 1.10. The van der Waals surface area contributed by atoms with Crippen LogP contribution < -0.4 is 5.73 Å². The maximum Gasteiger partial charge on any atom is 0.174 e. The SMILES string of the molecule is C/N=C1/N=CC=N/C1=C\N. The zero-order valence-corrected chi connectivity index (χ0v) is 5.65. The van der Waals surface area contributed by atoms with Crippen LogP contribution in [0.1, 0.15) is 0 Å². The summed E-state index contributed by atoms with van der Waals surface area (Å²) in [6.07, 6.45) is 4.54. The van der Waals surface area contributed by atoms with Gasteiger partial charge in [0, 0.05) is 25.7 Å². The summed E-state index contributed by atoms with van der Waals surface area (Å²) in [5.41, 5.74) is 5.85. The number of hydrogen-bond donors (Lipinski definition) is 1. The maximum atomic E-state index is 5.24. The predicted molar refractivity (Wildman–Crippen MR) is 42.6 cm³/mol. The van der Waals surface area contributed by atoms with E-state index >= 15 is 0 Å². The van der Waals surface area contributed by atoms with E-state index < -0.39 is 0 Å². The molecule has 52 valence electrons. The molecule has 0 aromatic carbocycles. The summed E-state index contributed by atoms with van der Waals surface area (Å²) in [6.45, 7) is 0. The van der Waals surface area contributed by atoms with Gasteiger partial charge in [0.15, 0.2) is 5.84 Å². The molecule has 4 nitrogen and oxygen atoms in total. The van der Waals surface area contributed by atoms with Crippen molar-refractivity contribution in [2.45, 2.75) is 0 Å². The predicted octanol–water partition coefficient (Wildman–Crippen LogP) is -0.0300. The Morgan fingerprint density at radius 3 is 2.70 bits per heavy atom.